The summed E-state index contributed by atoms with van der Waals surface area (Å²) in [4.78, 5) is 86.5. The van der Waals surface area contributed by atoms with Crippen LogP contribution >= 0.6 is 0 Å². The monoisotopic (exact) mass is 1730 g/mol. The number of hydrogen-bond acceptors (Lipinski definition) is 30. The average molecular weight is 1730 g/mol. The molecule has 0 atom stereocenters. The molecule has 0 fully saturated rings. The Morgan fingerprint density at radius 1 is 0.302 bits per heavy atom. The van der Waals surface area contributed by atoms with Crippen molar-refractivity contribution in [3.63, 3.8) is 0 Å². The van der Waals surface area contributed by atoms with Crippen molar-refractivity contribution in [2.75, 3.05) is 47.4 Å². The standard InChI is InChI=1S/C19H14N6O2S.C18H15N5O3S.C17H14N6O2S.C17H13N5O.C17H13N5/c1-28(26,27)13-5-3-12(4-6-13)16-10-22-18(21)17(23-16)19-24-14-7-2-11(9-20)8-15(14)25-19;1-27(25,26)11-7-5-10(6-8-11)13-9-20-17(19)16(21-13)18-22-12-3-2-4-14(24)15(12)23-18;1-26(24,25)11-6-4-10(5-7-11)13-9-20-15(18)14(21-13)17-22-12-3-2-8-19-16(12)23-17;18-16-15(17-21-11-7-4-8-13(23)14(11)22-17)20-12(9-19-16)10-5-2-1-3-6-10;18-16-15(17-21-12-8-4-5-9-13(12)22-17)20-14(10-19-16)11-6-2-1-3-7-11/h2-8,10H,1H3,(H2,21,22)(H,24,25);2-9,24H,1H3,(H2,19,20)(H,22,23);2-9H,1H3,(H2,18,20)(H,19,22,23);1-9,23H,(H2,18,19)(H,21,22);1-10H,(H2,18,19)(H,21,22). The molecule has 0 aliphatic rings. The van der Waals surface area contributed by atoms with Crippen LogP contribution in [0.3, 0.4) is 0 Å². The number of nitrogens with zero attached hydrogens (tertiary/aromatic N) is 17. The zero-order valence-corrected chi connectivity index (χ0v) is 68.8. The number of nitrogens with two attached hydrogens (primary N) is 5. The van der Waals surface area contributed by atoms with E-state index in [2.05, 4.69) is 111 Å². The number of aromatic nitrogens is 21. The average Bonchev–Trinajstić information content (AvgIpc) is 1.65. The summed E-state index contributed by atoms with van der Waals surface area (Å²) in [6.45, 7) is 0. The Kier molecular flexibility index (Phi) is 22.6. The summed E-state index contributed by atoms with van der Waals surface area (Å²) >= 11 is 0. The van der Waals surface area contributed by atoms with Crippen LogP contribution in [0.1, 0.15) is 5.56 Å². The largest absolute Gasteiger partial charge is 0.506 e. The molecule has 0 aliphatic heterocycles. The molecule has 11 aromatic heterocycles. The van der Waals surface area contributed by atoms with Crippen LogP contribution in [0.2, 0.25) is 0 Å². The van der Waals surface area contributed by atoms with E-state index >= 15 is 0 Å². The van der Waals surface area contributed by atoms with Crippen LogP contribution in [-0.2, 0) is 29.5 Å². The van der Waals surface area contributed by atoms with E-state index in [1.165, 1.54) is 61.2 Å². The number of para-hydroxylation sites is 4. The highest BCUT2D eigenvalue weighted by molar-refractivity contribution is 7.91. The number of pyridine rings is 1. The van der Waals surface area contributed by atoms with Crippen molar-refractivity contribution in [1.29, 1.82) is 5.26 Å². The van der Waals surface area contributed by atoms with E-state index in [1.54, 1.807) is 110 Å². The van der Waals surface area contributed by atoms with Gasteiger partial charge in [0.15, 0.2) is 93.4 Å². The Bertz CT molecular complexity index is 7870. The third-order valence-corrected chi connectivity index (χ3v) is 22.6. The lowest BCUT2D eigenvalue weighted by Gasteiger charge is -2.06. The highest BCUT2D eigenvalue weighted by Gasteiger charge is 2.22. The van der Waals surface area contributed by atoms with Crippen LogP contribution in [0.25, 0.3) is 169 Å². The smallest absolute Gasteiger partial charge is 0.178 e. The van der Waals surface area contributed by atoms with Gasteiger partial charge in [-0.2, -0.15) is 5.26 Å². The van der Waals surface area contributed by atoms with E-state index in [0.717, 1.165) is 51.4 Å². The first-order chi connectivity index (χ1) is 60.6. The number of aromatic hydroxyl groups is 2. The van der Waals surface area contributed by atoms with Gasteiger partial charge in [0.2, 0.25) is 0 Å². The zero-order chi connectivity index (χ0) is 88.1. The lowest BCUT2D eigenvalue weighted by molar-refractivity contribution is 0.480. The second-order valence-electron chi connectivity index (χ2n) is 28.1. The molecule has 35 nitrogen and oxygen atoms in total. The van der Waals surface area contributed by atoms with E-state index in [1.807, 2.05) is 97.1 Å². The van der Waals surface area contributed by atoms with Crippen molar-refractivity contribution >= 4 is 114 Å². The Hall–Kier alpha value is -17.2. The maximum atomic E-state index is 11.6. The van der Waals surface area contributed by atoms with Gasteiger partial charge in [-0.05, 0) is 103 Å². The van der Waals surface area contributed by atoms with Crippen molar-refractivity contribution < 1.29 is 35.5 Å². The zero-order valence-electron chi connectivity index (χ0n) is 66.4. The molecule has 17 N–H and O–H groups in total. The van der Waals surface area contributed by atoms with Crippen LogP contribution in [-0.4, -0.2) is 159 Å². The molecule has 622 valence electrons. The molecule has 9 aromatic carbocycles. The van der Waals surface area contributed by atoms with E-state index in [4.69, 9.17) is 33.9 Å². The van der Waals surface area contributed by atoms with Gasteiger partial charge in [-0.25, -0.2) is 105 Å². The first-order valence-corrected chi connectivity index (χ1v) is 43.5. The van der Waals surface area contributed by atoms with Crippen molar-refractivity contribution in [1.82, 2.24) is 105 Å². The molecule has 0 aliphatic carbocycles. The molecular weight excluding hydrogens is 1660 g/mol. The van der Waals surface area contributed by atoms with Gasteiger partial charge in [0.05, 0.1) is 124 Å². The van der Waals surface area contributed by atoms with Gasteiger partial charge >= 0.3 is 0 Å². The normalized spacial score (nSPS) is 11.4. The van der Waals surface area contributed by atoms with Crippen LogP contribution in [0.4, 0.5) is 29.1 Å². The second-order valence-corrected chi connectivity index (χ2v) is 34.1. The van der Waals surface area contributed by atoms with Crippen LogP contribution < -0.4 is 28.7 Å². The predicted molar refractivity (Wildman–Crippen MR) is 480 cm³/mol. The molecule has 0 saturated heterocycles. The van der Waals surface area contributed by atoms with Gasteiger partial charge in [0, 0.05) is 52.8 Å². The Morgan fingerprint density at radius 3 is 0.968 bits per heavy atom. The molecule has 0 spiro atoms. The molecule has 20 aromatic rings. The van der Waals surface area contributed by atoms with Crippen molar-refractivity contribution in [3.8, 4) is 131 Å². The first-order valence-electron chi connectivity index (χ1n) is 37.8. The van der Waals surface area contributed by atoms with Gasteiger partial charge in [-0.15, -0.1) is 0 Å². The predicted octanol–water partition coefficient (Wildman–Crippen LogP) is 13.2. The number of sulfone groups is 3. The van der Waals surface area contributed by atoms with Gasteiger partial charge in [0.25, 0.3) is 0 Å². The third-order valence-electron chi connectivity index (χ3n) is 19.2. The van der Waals surface area contributed by atoms with Crippen molar-refractivity contribution in [2.45, 2.75) is 14.7 Å². The highest BCUT2D eigenvalue weighted by Crippen LogP contribution is 2.35. The topological polar surface area (TPSA) is 582 Å². The molecule has 38 heteroatoms. The molecule has 0 saturated carbocycles. The van der Waals surface area contributed by atoms with Crippen molar-refractivity contribution in [2.24, 2.45) is 0 Å². The van der Waals surface area contributed by atoms with Crippen LogP contribution in [0, 0.1) is 11.3 Å². The fraction of sp³-hybridized carbons (Fsp3) is 0.0341. The Balaban J connectivity index is 0.000000116. The lowest BCUT2D eigenvalue weighted by Crippen LogP contribution is -2.00. The van der Waals surface area contributed by atoms with Gasteiger partial charge in [-0.3, -0.25) is 0 Å². The number of benzene rings is 9. The van der Waals surface area contributed by atoms with E-state index in [-0.39, 0.29) is 49.5 Å². The molecule has 126 heavy (non-hydrogen) atoms. The van der Waals surface area contributed by atoms with Crippen LogP contribution in [0.15, 0.2) is 276 Å². The summed E-state index contributed by atoms with van der Waals surface area (Å²) in [5.41, 5.74) is 46.5. The summed E-state index contributed by atoms with van der Waals surface area (Å²) in [6.07, 6.45) is 13.0. The summed E-state index contributed by atoms with van der Waals surface area (Å²) in [5, 5.41) is 28.8. The number of nitriles is 1. The molecule has 11 heterocycles. The fourth-order valence-corrected chi connectivity index (χ4v) is 14.8. The number of rotatable bonds is 13. The number of phenolic OH excluding ortho intramolecular Hbond substituents is 2. The minimum atomic E-state index is -3.27. The number of anilines is 5. The van der Waals surface area contributed by atoms with Gasteiger partial charge in [-0.1, -0.05) is 121 Å². The van der Waals surface area contributed by atoms with Gasteiger partial charge in [0.1, 0.15) is 51.0 Å². The number of hydrogen-bond donors (Lipinski definition) is 12. The Labute approximate surface area is 715 Å². The Morgan fingerprint density at radius 2 is 0.611 bits per heavy atom. The number of aromatic amines is 5. The quantitative estimate of drug-likeness (QED) is 0.0510. The molecular formula is C88H69N27O8S3. The summed E-state index contributed by atoms with van der Waals surface area (Å²) in [7, 11) is -9.80. The van der Waals surface area contributed by atoms with Crippen molar-refractivity contribution in [3.05, 3.63) is 267 Å². The third kappa shape index (κ3) is 18.1. The maximum Gasteiger partial charge on any atom is 0.178 e. The summed E-state index contributed by atoms with van der Waals surface area (Å²) < 4.78 is 69.6. The van der Waals surface area contributed by atoms with E-state index < -0.39 is 29.5 Å². The second kappa shape index (κ2) is 34.5. The minimum absolute atomic E-state index is 0.0500. The lowest BCUT2D eigenvalue weighted by atomic mass is 10.1. The first kappa shape index (κ1) is 82.5. The number of phenols is 2. The molecule has 0 amide bonds. The van der Waals surface area contributed by atoms with Crippen LogP contribution in [0.5, 0.6) is 11.5 Å². The SMILES string of the molecule is CS(=O)(=O)c1ccc(-c2cnc(N)c(-c3nc4c(O)cccc4[nH]3)n2)cc1.CS(=O)(=O)c1ccc(-c2cnc(N)c(-c3nc4ccc(C#N)cc4[nH]3)n2)cc1.CS(=O)(=O)c1ccc(-c2cnc(N)c(-c3nc4ncccc4[nH]3)n2)cc1.Nc1ncc(-c2ccccc2)nc1-c1nc2c(O)cccc2[nH]1.Nc1ncc(-c2ccccc2)nc1-c1nc2ccccc2[nH]1. The molecule has 0 bridgehead atoms. The number of nitrogen functional groups attached to an aromatic ring is 5. The summed E-state index contributed by atoms with van der Waals surface area (Å²) in [6, 6.07) is 67.6. The highest BCUT2D eigenvalue weighted by atomic mass is 32.2. The molecule has 0 unspecified atom stereocenters. The van der Waals surface area contributed by atoms with E-state index in [9.17, 15) is 35.5 Å². The van der Waals surface area contributed by atoms with Gasteiger partial charge < -0.3 is 63.8 Å². The molecule has 20 rings (SSSR count). The summed E-state index contributed by atoms with van der Waals surface area (Å²) in [5.74, 6) is 3.82. The number of H-pyrrole nitrogens is 5. The molecule has 0 radical (unpaired) electrons. The number of fused-ring (bicyclic) bond motifs is 5. The number of nitrogens with one attached hydrogen (secondary N) is 5. The fourth-order valence-electron chi connectivity index (χ4n) is 12.9. The number of imidazole rings is 5. The minimum Gasteiger partial charge on any atom is -0.506 e. The van der Waals surface area contributed by atoms with E-state index in [0.29, 0.717) is 142 Å². The maximum absolute atomic E-state index is 11.6.